The lowest BCUT2D eigenvalue weighted by Gasteiger charge is -2.10. The summed E-state index contributed by atoms with van der Waals surface area (Å²) in [6, 6.07) is 15.1. The summed E-state index contributed by atoms with van der Waals surface area (Å²) in [5.74, 6) is 0.790. The second kappa shape index (κ2) is 7.61. The fraction of sp³-hybridized carbons (Fsp3) is 0.211. The van der Waals surface area contributed by atoms with Crippen LogP contribution in [0.25, 0.3) is 11.5 Å². The van der Waals surface area contributed by atoms with Crippen molar-refractivity contribution >= 4 is 5.97 Å². The molecule has 1 aromatic heterocycles. The van der Waals surface area contributed by atoms with Gasteiger partial charge in [0.15, 0.2) is 13.2 Å². The summed E-state index contributed by atoms with van der Waals surface area (Å²) in [6.07, 6.45) is 0. The minimum absolute atomic E-state index is 0.0885. The highest BCUT2D eigenvalue weighted by atomic mass is 16.6. The maximum atomic E-state index is 11.8. The number of nitrogens with zero attached hydrogens (tertiary/aromatic N) is 2. The summed E-state index contributed by atoms with van der Waals surface area (Å²) in [5, 5.41) is 7.81. The largest absolute Gasteiger partial charge is 0.482 e. The second-order valence-electron chi connectivity index (χ2n) is 5.51. The smallest absolute Gasteiger partial charge is 0.344 e. The lowest BCUT2D eigenvalue weighted by atomic mass is 10.1. The average Bonchev–Trinajstić information content (AvgIpc) is 3.11. The van der Waals surface area contributed by atoms with Gasteiger partial charge in [-0.2, -0.15) is 0 Å². The quantitative estimate of drug-likeness (QED) is 0.641. The van der Waals surface area contributed by atoms with E-state index in [9.17, 15) is 4.79 Å². The maximum absolute atomic E-state index is 11.8. The number of carbonyl (C=O) groups excluding carboxylic acids is 1. The van der Waals surface area contributed by atoms with E-state index in [1.165, 1.54) is 0 Å². The van der Waals surface area contributed by atoms with Gasteiger partial charge < -0.3 is 13.9 Å². The molecule has 6 nitrogen and oxygen atoms in total. The molecule has 6 heteroatoms. The van der Waals surface area contributed by atoms with Crippen LogP contribution in [0.2, 0.25) is 0 Å². The molecule has 0 aliphatic heterocycles. The number of benzene rings is 2. The number of ether oxygens (including phenoxy) is 2. The molecule has 0 N–H and O–H groups in total. The Balaban J connectivity index is 1.51. The topological polar surface area (TPSA) is 74.5 Å². The molecule has 128 valence electrons. The van der Waals surface area contributed by atoms with Crippen molar-refractivity contribution in [3.8, 4) is 17.2 Å². The Morgan fingerprint density at radius 1 is 1.04 bits per heavy atom. The van der Waals surface area contributed by atoms with E-state index in [0.717, 1.165) is 16.7 Å². The van der Waals surface area contributed by atoms with Crippen molar-refractivity contribution < 1.29 is 18.7 Å². The van der Waals surface area contributed by atoms with Crippen molar-refractivity contribution in [2.24, 2.45) is 0 Å². The lowest BCUT2D eigenvalue weighted by molar-refractivity contribution is -0.148. The number of hydrogen-bond donors (Lipinski definition) is 0. The molecular formula is C19H18N2O4. The first kappa shape index (κ1) is 16.7. The van der Waals surface area contributed by atoms with Crippen molar-refractivity contribution in [1.82, 2.24) is 10.2 Å². The van der Waals surface area contributed by atoms with Crippen LogP contribution in [0.15, 0.2) is 52.9 Å². The van der Waals surface area contributed by atoms with Crippen LogP contribution in [-0.2, 0) is 16.1 Å². The Hall–Kier alpha value is -3.15. The summed E-state index contributed by atoms with van der Waals surface area (Å²) in [5.41, 5.74) is 2.91. The molecule has 0 fully saturated rings. The van der Waals surface area contributed by atoms with Gasteiger partial charge in [-0.05, 0) is 43.2 Å². The zero-order valence-corrected chi connectivity index (χ0v) is 14.1. The van der Waals surface area contributed by atoms with Gasteiger partial charge in [0.1, 0.15) is 5.75 Å². The third kappa shape index (κ3) is 4.23. The van der Waals surface area contributed by atoms with E-state index >= 15 is 0 Å². The first-order valence-electron chi connectivity index (χ1n) is 7.86. The number of rotatable bonds is 6. The average molecular weight is 338 g/mol. The van der Waals surface area contributed by atoms with Crippen molar-refractivity contribution in [2.75, 3.05) is 6.61 Å². The molecule has 25 heavy (non-hydrogen) atoms. The van der Waals surface area contributed by atoms with E-state index in [4.69, 9.17) is 13.9 Å². The second-order valence-corrected chi connectivity index (χ2v) is 5.51. The highest BCUT2D eigenvalue weighted by molar-refractivity contribution is 5.71. The summed E-state index contributed by atoms with van der Waals surface area (Å²) in [7, 11) is 0. The van der Waals surface area contributed by atoms with Gasteiger partial charge in [0, 0.05) is 5.56 Å². The fourth-order valence-electron chi connectivity index (χ4n) is 2.21. The highest BCUT2D eigenvalue weighted by Crippen LogP contribution is 2.20. The Morgan fingerprint density at radius 3 is 2.64 bits per heavy atom. The molecule has 0 radical (unpaired) electrons. The molecule has 1 heterocycles. The molecular weight excluding hydrogens is 320 g/mol. The lowest BCUT2D eigenvalue weighted by Crippen LogP contribution is -2.15. The Labute approximate surface area is 145 Å². The Morgan fingerprint density at radius 2 is 1.84 bits per heavy atom. The van der Waals surface area contributed by atoms with Crippen molar-refractivity contribution in [2.45, 2.75) is 20.5 Å². The van der Waals surface area contributed by atoms with Crippen molar-refractivity contribution in [1.29, 1.82) is 0 Å². The van der Waals surface area contributed by atoms with Gasteiger partial charge in [-0.1, -0.05) is 30.3 Å². The Bertz CT molecular complexity index is 859. The normalized spacial score (nSPS) is 10.5. The zero-order chi connectivity index (χ0) is 17.6. The maximum Gasteiger partial charge on any atom is 0.344 e. The number of aromatic nitrogens is 2. The number of carbonyl (C=O) groups is 1. The first-order valence-corrected chi connectivity index (χ1v) is 7.86. The van der Waals surface area contributed by atoms with Gasteiger partial charge in [-0.15, -0.1) is 10.2 Å². The van der Waals surface area contributed by atoms with Crippen LogP contribution in [0.3, 0.4) is 0 Å². The molecule has 3 rings (SSSR count). The molecule has 0 spiro atoms. The number of esters is 1. The summed E-state index contributed by atoms with van der Waals surface area (Å²) in [6.45, 7) is 3.67. The number of aryl methyl sites for hydroxylation is 1. The molecule has 0 unspecified atom stereocenters. The third-order valence-electron chi connectivity index (χ3n) is 3.74. The molecule has 3 aromatic rings. The minimum Gasteiger partial charge on any atom is -0.482 e. The zero-order valence-electron chi connectivity index (χ0n) is 14.1. The summed E-state index contributed by atoms with van der Waals surface area (Å²) < 4.78 is 16.1. The van der Waals surface area contributed by atoms with Crippen molar-refractivity contribution in [3.05, 3.63) is 65.5 Å². The molecule has 2 aromatic carbocycles. The fourth-order valence-corrected chi connectivity index (χ4v) is 2.21. The molecule has 0 bridgehead atoms. The van der Waals surface area contributed by atoms with E-state index in [1.807, 2.05) is 62.4 Å². The monoisotopic (exact) mass is 338 g/mol. The van der Waals surface area contributed by atoms with E-state index in [2.05, 4.69) is 10.2 Å². The Kier molecular flexibility index (Phi) is 5.09. The van der Waals surface area contributed by atoms with Crippen LogP contribution in [0.5, 0.6) is 5.75 Å². The van der Waals surface area contributed by atoms with Gasteiger partial charge in [-0.25, -0.2) is 4.79 Å². The predicted octanol–water partition coefficient (Wildman–Crippen LogP) is 3.48. The number of hydrogen-bond acceptors (Lipinski definition) is 6. The molecule has 0 saturated carbocycles. The minimum atomic E-state index is -0.500. The van der Waals surface area contributed by atoms with E-state index in [1.54, 1.807) is 0 Å². The van der Waals surface area contributed by atoms with E-state index < -0.39 is 5.97 Å². The summed E-state index contributed by atoms with van der Waals surface area (Å²) in [4.78, 5) is 11.8. The van der Waals surface area contributed by atoms with Crippen LogP contribution in [0.4, 0.5) is 0 Å². The van der Waals surface area contributed by atoms with Crippen LogP contribution in [-0.4, -0.2) is 22.8 Å². The van der Waals surface area contributed by atoms with Crippen LogP contribution in [0, 0.1) is 13.8 Å². The molecule has 0 aliphatic rings. The van der Waals surface area contributed by atoms with Gasteiger partial charge >= 0.3 is 5.97 Å². The van der Waals surface area contributed by atoms with Crippen LogP contribution in [0.1, 0.15) is 17.0 Å². The van der Waals surface area contributed by atoms with Crippen LogP contribution >= 0.6 is 0 Å². The van der Waals surface area contributed by atoms with Gasteiger partial charge in [0.2, 0.25) is 5.89 Å². The van der Waals surface area contributed by atoms with E-state index in [0.29, 0.717) is 11.6 Å². The molecule has 0 saturated heterocycles. The molecule has 0 amide bonds. The first-order chi connectivity index (χ1) is 12.1. The van der Waals surface area contributed by atoms with Gasteiger partial charge in [0.05, 0.1) is 0 Å². The molecule has 0 atom stereocenters. The van der Waals surface area contributed by atoms with Crippen molar-refractivity contribution in [3.63, 3.8) is 0 Å². The predicted molar refractivity (Wildman–Crippen MR) is 90.9 cm³/mol. The molecule has 0 aliphatic carbocycles. The van der Waals surface area contributed by atoms with E-state index in [-0.39, 0.29) is 19.1 Å². The SMILES string of the molecule is Cc1cccc(OCC(=O)OCc2nnc(-c3ccccc3)o2)c1C. The van der Waals surface area contributed by atoms with Gasteiger partial charge in [-0.3, -0.25) is 0 Å². The standard InChI is InChI=1S/C19H18N2O4/c1-13-7-6-10-16(14(13)2)23-12-18(22)24-11-17-20-21-19(25-17)15-8-4-3-5-9-15/h3-10H,11-12H2,1-2H3. The van der Waals surface area contributed by atoms with Gasteiger partial charge in [0.25, 0.3) is 5.89 Å². The summed E-state index contributed by atoms with van der Waals surface area (Å²) >= 11 is 0. The highest BCUT2D eigenvalue weighted by Gasteiger charge is 2.12. The van der Waals surface area contributed by atoms with Crippen LogP contribution < -0.4 is 4.74 Å². The third-order valence-corrected chi connectivity index (χ3v) is 3.74.